The number of benzene rings is 3. The number of aromatic amines is 1. The van der Waals surface area contributed by atoms with Crippen molar-refractivity contribution < 1.29 is 19.1 Å². The van der Waals surface area contributed by atoms with Gasteiger partial charge in [-0.05, 0) is 58.5 Å². The molecule has 206 valence electrons. The van der Waals surface area contributed by atoms with E-state index in [1.54, 1.807) is 42.5 Å². The third-order valence-electron chi connectivity index (χ3n) is 6.12. The lowest BCUT2D eigenvalue weighted by Gasteiger charge is -2.18. The van der Waals surface area contributed by atoms with Crippen molar-refractivity contribution in [2.45, 2.75) is 12.5 Å². The van der Waals surface area contributed by atoms with Crippen LogP contribution in [0.1, 0.15) is 21.6 Å². The van der Waals surface area contributed by atoms with E-state index in [1.165, 1.54) is 24.2 Å². The third-order valence-corrected chi connectivity index (χ3v) is 6.36. The van der Waals surface area contributed by atoms with Crippen LogP contribution >= 0.6 is 11.6 Å². The molecule has 3 N–H and O–H groups in total. The maximum atomic E-state index is 13.4. The molecule has 13 heteroatoms. The maximum absolute atomic E-state index is 13.4. The summed E-state index contributed by atoms with van der Waals surface area (Å²) in [5.41, 5.74) is 3.18. The Morgan fingerprint density at radius 2 is 1.93 bits per heavy atom. The minimum absolute atomic E-state index is 0.0972. The van der Waals surface area contributed by atoms with Crippen molar-refractivity contribution in [2.24, 2.45) is 0 Å². The standard InChI is InChI=1S/C28H23ClN8O4/c1-41-28(40)26-21-15-20(9-10-22(21)33-34-26)31-27(39)23(13-17-5-3-2-4-6-17)32-25(38)12-7-18-14-19(29)8-11-24(18)37-16-30-35-36-37/h2-12,14-16,23H,13H2,1H3,(H,31,39)(H,32,38)(H,33,34)/b12-7+/t23-/m0/s1. The number of nitrogens with one attached hydrogen (secondary N) is 3. The van der Waals surface area contributed by atoms with Crippen LogP contribution in [0.2, 0.25) is 5.02 Å². The minimum atomic E-state index is -0.923. The normalized spacial score (nSPS) is 11.9. The van der Waals surface area contributed by atoms with E-state index in [2.05, 4.69) is 36.4 Å². The van der Waals surface area contributed by atoms with Gasteiger partial charge in [0.2, 0.25) is 11.8 Å². The van der Waals surface area contributed by atoms with Crippen molar-refractivity contribution in [3.05, 3.63) is 101 Å². The monoisotopic (exact) mass is 570 g/mol. The second kappa shape index (κ2) is 12.2. The second-order valence-corrected chi connectivity index (χ2v) is 9.29. The number of esters is 1. The van der Waals surface area contributed by atoms with Crippen molar-refractivity contribution >= 4 is 52.1 Å². The Morgan fingerprint density at radius 1 is 1.10 bits per heavy atom. The number of hydrogen-bond donors (Lipinski definition) is 3. The van der Waals surface area contributed by atoms with Crippen LogP contribution in [0.4, 0.5) is 5.69 Å². The molecule has 0 fully saturated rings. The van der Waals surface area contributed by atoms with Gasteiger partial charge in [-0.15, -0.1) is 5.10 Å². The number of amides is 2. The molecule has 0 radical (unpaired) electrons. The van der Waals surface area contributed by atoms with E-state index in [9.17, 15) is 14.4 Å². The van der Waals surface area contributed by atoms with Gasteiger partial charge in [0.05, 0.1) is 18.3 Å². The number of nitrogens with zero attached hydrogens (tertiary/aromatic N) is 5. The molecule has 0 unspecified atom stereocenters. The Labute approximate surface area is 238 Å². The van der Waals surface area contributed by atoms with Crippen molar-refractivity contribution in [2.75, 3.05) is 12.4 Å². The van der Waals surface area contributed by atoms with E-state index in [0.29, 0.717) is 32.9 Å². The van der Waals surface area contributed by atoms with E-state index in [0.717, 1.165) is 5.56 Å². The number of tetrazole rings is 1. The summed E-state index contributed by atoms with van der Waals surface area (Å²) in [7, 11) is 1.26. The summed E-state index contributed by atoms with van der Waals surface area (Å²) in [6.45, 7) is 0. The van der Waals surface area contributed by atoms with Gasteiger partial charge in [0.25, 0.3) is 0 Å². The first-order valence-electron chi connectivity index (χ1n) is 12.3. The first-order valence-corrected chi connectivity index (χ1v) is 12.7. The highest BCUT2D eigenvalue weighted by molar-refractivity contribution is 6.30. The lowest BCUT2D eigenvalue weighted by Crippen LogP contribution is -2.44. The summed E-state index contributed by atoms with van der Waals surface area (Å²) in [4.78, 5) is 38.5. The van der Waals surface area contributed by atoms with E-state index >= 15 is 0 Å². The quantitative estimate of drug-likeness (QED) is 0.180. The van der Waals surface area contributed by atoms with Crippen LogP contribution < -0.4 is 10.6 Å². The fourth-order valence-electron chi connectivity index (χ4n) is 4.16. The smallest absolute Gasteiger partial charge is 0.359 e. The topological polar surface area (TPSA) is 157 Å². The molecule has 12 nitrogen and oxygen atoms in total. The Bertz CT molecular complexity index is 1730. The van der Waals surface area contributed by atoms with Gasteiger partial charge < -0.3 is 15.4 Å². The van der Waals surface area contributed by atoms with E-state index in [-0.39, 0.29) is 12.1 Å². The van der Waals surface area contributed by atoms with Gasteiger partial charge in [-0.1, -0.05) is 41.9 Å². The zero-order valence-electron chi connectivity index (χ0n) is 21.6. The van der Waals surface area contributed by atoms with Crippen molar-refractivity contribution in [1.29, 1.82) is 0 Å². The fourth-order valence-corrected chi connectivity index (χ4v) is 4.34. The van der Waals surface area contributed by atoms with Crippen molar-refractivity contribution in [3.8, 4) is 5.69 Å². The number of hydrogen-bond acceptors (Lipinski definition) is 8. The molecule has 5 rings (SSSR count). The Hall–Kier alpha value is -5.36. The fraction of sp³-hybridized carbons (Fsp3) is 0.107. The summed E-state index contributed by atoms with van der Waals surface area (Å²) in [5.74, 6) is -1.55. The van der Waals surface area contributed by atoms with Crippen LogP contribution in [0.25, 0.3) is 22.7 Å². The molecule has 0 saturated carbocycles. The first kappa shape index (κ1) is 27.2. The van der Waals surface area contributed by atoms with Crippen molar-refractivity contribution in [1.82, 2.24) is 35.7 Å². The number of halogens is 1. The Kier molecular flexibility index (Phi) is 8.11. The highest BCUT2D eigenvalue weighted by Crippen LogP contribution is 2.22. The summed E-state index contributed by atoms with van der Waals surface area (Å²) in [5, 5.41) is 24.5. The maximum Gasteiger partial charge on any atom is 0.359 e. The molecule has 2 heterocycles. The average Bonchev–Trinajstić information content (AvgIpc) is 3.66. The number of ether oxygens (including phenoxy) is 1. The van der Waals surface area contributed by atoms with Crippen LogP contribution in [-0.4, -0.2) is 61.3 Å². The second-order valence-electron chi connectivity index (χ2n) is 8.86. The van der Waals surface area contributed by atoms with Gasteiger partial charge in [-0.3, -0.25) is 14.7 Å². The predicted molar refractivity (Wildman–Crippen MR) is 151 cm³/mol. The average molecular weight is 571 g/mol. The van der Waals surface area contributed by atoms with E-state index in [4.69, 9.17) is 16.3 Å². The molecule has 2 aromatic heterocycles. The zero-order chi connectivity index (χ0) is 28.8. The minimum Gasteiger partial charge on any atom is -0.464 e. The molecule has 5 aromatic rings. The molecule has 1 atom stereocenters. The number of carbonyl (C=O) groups excluding carboxylic acids is 3. The van der Waals surface area contributed by atoms with Crippen LogP contribution in [0.5, 0.6) is 0 Å². The molecule has 0 aliphatic rings. The largest absolute Gasteiger partial charge is 0.464 e. The number of rotatable bonds is 9. The van der Waals surface area contributed by atoms with E-state index < -0.39 is 23.8 Å². The highest BCUT2D eigenvalue weighted by Gasteiger charge is 2.22. The number of fused-ring (bicyclic) bond motifs is 1. The number of methoxy groups -OCH3 is 1. The summed E-state index contributed by atoms with van der Waals surface area (Å²) in [6.07, 6.45) is 4.54. The molecule has 3 aromatic carbocycles. The molecule has 0 bridgehead atoms. The molecule has 0 spiro atoms. The van der Waals surface area contributed by atoms with Gasteiger partial charge in [-0.25, -0.2) is 4.79 Å². The molecule has 41 heavy (non-hydrogen) atoms. The number of aromatic nitrogens is 6. The van der Waals surface area contributed by atoms with E-state index in [1.807, 2.05) is 30.3 Å². The van der Waals surface area contributed by atoms with Crippen LogP contribution in [-0.2, 0) is 20.7 Å². The lowest BCUT2D eigenvalue weighted by atomic mass is 10.0. The SMILES string of the molecule is COC(=O)c1n[nH]c2ccc(NC(=O)[C@H](Cc3ccccc3)NC(=O)/C=C/c3cc(Cl)ccc3-n3cnnn3)cc12. The number of H-pyrrole nitrogens is 1. The third kappa shape index (κ3) is 6.45. The zero-order valence-corrected chi connectivity index (χ0v) is 22.4. The molecule has 0 aliphatic heterocycles. The predicted octanol–water partition coefficient (Wildman–Crippen LogP) is 3.36. The van der Waals surface area contributed by atoms with Gasteiger partial charge in [-0.2, -0.15) is 9.78 Å². The van der Waals surface area contributed by atoms with Gasteiger partial charge >= 0.3 is 5.97 Å². The molecular formula is C28H23ClN8O4. The number of carbonyl (C=O) groups is 3. The Morgan fingerprint density at radius 3 is 2.68 bits per heavy atom. The van der Waals surface area contributed by atoms with Gasteiger partial charge in [0.15, 0.2) is 5.69 Å². The molecule has 2 amide bonds. The van der Waals surface area contributed by atoms with Crippen LogP contribution in [0, 0.1) is 0 Å². The van der Waals surface area contributed by atoms with Gasteiger partial charge in [0, 0.05) is 34.2 Å². The van der Waals surface area contributed by atoms with Crippen LogP contribution in [0.15, 0.2) is 79.1 Å². The Balaban J connectivity index is 1.37. The summed E-state index contributed by atoms with van der Waals surface area (Å²) < 4.78 is 6.23. The molecule has 0 saturated heterocycles. The highest BCUT2D eigenvalue weighted by atomic mass is 35.5. The first-order chi connectivity index (χ1) is 19.9. The van der Waals surface area contributed by atoms with Gasteiger partial charge in [0.1, 0.15) is 12.4 Å². The molecular weight excluding hydrogens is 548 g/mol. The summed E-state index contributed by atoms with van der Waals surface area (Å²) >= 11 is 6.17. The lowest BCUT2D eigenvalue weighted by molar-refractivity contribution is -0.123. The molecule has 0 aliphatic carbocycles. The van der Waals surface area contributed by atoms with Crippen LogP contribution in [0.3, 0.4) is 0 Å². The number of anilines is 1. The van der Waals surface area contributed by atoms with Crippen molar-refractivity contribution in [3.63, 3.8) is 0 Å². The summed E-state index contributed by atoms with van der Waals surface area (Å²) in [6, 6.07) is 18.4.